The van der Waals surface area contributed by atoms with Crippen molar-refractivity contribution in [2.24, 2.45) is 11.7 Å². The van der Waals surface area contributed by atoms with Crippen LogP contribution in [0.1, 0.15) is 111 Å². The van der Waals surface area contributed by atoms with Gasteiger partial charge in [0.05, 0.1) is 0 Å². The molecule has 0 aromatic rings. The lowest BCUT2D eigenvalue weighted by atomic mass is 9.86. The molecule has 0 saturated carbocycles. The Bertz CT molecular complexity index is 198. The van der Waals surface area contributed by atoms with E-state index in [4.69, 9.17) is 5.73 Å². The van der Waals surface area contributed by atoms with Gasteiger partial charge in [-0.15, -0.1) is 0 Å². The summed E-state index contributed by atoms with van der Waals surface area (Å²) < 4.78 is 0. The monoisotopic (exact) mass is 303 g/mol. The molecule has 130 valence electrons. The molecule has 2 heteroatoms. The van der Waals surface area contributed by atoms with E-state index in [1.807, 2.05) is 0 Å². The minimum atomic E-state index is -0.00221. The van der Waals surface area contributed by atoms with Gasteiger partial charge < -0.3 is 5.73 Å². The molecule has 0 amide bonds. The van der Waals surface area contributed by atoms with E-state index in [9.17, 15) is 0 Å². The van der Waals surface area contributed by atoms with Crippen LogP contribution in [0, 0.1) is 5.92 Å². The Balaban J connectivity index is 0. The molecular weight excluding hydrogens is 261 g/mol. The van der Waals surface area contributed by atoms with Crippen LogP contribution in [-0.4, -0.2) is 5.54 Å². The molecule has 0 spiro atoms. The van der Waals surface area contributed by atoms with E-state index in [-0.39, 0.29) is 10.2 Å². The van der Waals surface area contributed by atoms with Crippen molar-refractivity contribution >= 4 is 0 Å². The van der Waals surface area contributed by atoms with E-state index in [0.717, 1.165) is 0 Å². The summed E-state index contributed by atoms with van der Waals surface area (Å²) in [6.07, 6.45) is 18.4. The second-order valence-electron chi connectivity index (χ2n) is 7.40. The van der Waals surface area contributed by atoms with Gasteiger partial charge in [0.25, 0.3) is 0 Å². The maximum atomic E-state index is 6.12. The van der Waals surface area contributed by atoms with Gasteiger partial charge in [0.2, 0.25) is 0 Å². The zero-order chi connectivity index (χ0) is 15.3. The second-order valence-corrected chi connectivity index (χ2v) is 7.40. The van der Waals surface area contributed by atoms with E-state index in [1.54, 1.807) is 0 Å². The molecule has 0 aliphatic carbocycles. The fourth-order valence-electron chi connectivity index (χ4n) is 2.66. The highest BCUT2D eigenvalue weighted by Crippen LogP contribution is 2.20. The summed E-state index contributed by atoms with van der Waals surface area (Å²) in [6, 6.07) is 0. The topological polar surface area (TPSA) is 26.0 Å². The first-order valence-electron chi connectivity index (χ1n) is 9.27. The van der Waals surface area contributed by atoms with E-state index >= 15 is 0 Å². The minimum Gasteiger partial charge on any atom is -0.325 e. The van der Waals surface area contributed by atoms with Crippen LogP contribution in [0.15, 0.2) is 0 Å². The number of rotatable bonds is 14. The van der Waals surface area contributed by atoms with Gasteiger partial charge >= 0.3 is 0 Å². The van der Waals surface area contributed by atoms with Gasteiger partial charge in [-0.1, -0.05) is 90.9 Å². The number of halogens is 1. The highest BCUT2D eigenvalue weighted by Gasteiger charge is 2.19. The van der Waals surface area contributed by atoms with Crippen LogP contribution in [0.5, 0.6) is 0 Å². The smallest absolute Gasteiger partial charge is 0.0123 e. The Hall–Kier alpha value is -0.110. The first kappa shape index (κ1) is 23.2. The molecule has 0 aliphatic heterocycles. The van der Waals surface area contributed by atoms with Gasteiger partial charge in [0.1, 0.15) is 0 Å². The van der Waals surface area contributed by atoms with E-state index < -0.39 is 0 Å². The predicted molar refractivity (Wildman–Crippen MR) is 95.6 cm³/mol. The standard InChI is InChI=1S/C19H41N.FH/c1-5-6-7-8-9-10-11-12-13-14-15-16-17-18(2)19(3,4)20;/h18H,5-17,20H2,1-4H3;1H. The molecule has 2 N–H and O–H groups in total. The average Bonchev–Trinajstić information content (AvgIpc) is 2.38. The molecule has 0 heterocycles. The third-order valence-electron chi connectivity index (χ3n) is 4.76. The molecular formula is C19H42FN. The minimum absolute atomic E-state index is 0. The normalized spacial score (nSPS) is 13.0. The maximum Gasteiger partial charge on any atom is 0.0123 e. The Morgan fingerprint density at radius 3 is 1.38 bits per heavy atom. The second kappa shape index (κ2) is 14.8. The number of hydrogen-bond donors (Lipinski definition) is 1. The van der Waals surface area contributed by atoms with Crippen molar-refractivity contribution in [1.82, 2.24) is 0 Å². The first-order chi connectivity index (χ1) is 9.48. The lowest BCUT2D eigenvalue weighted by Gasteiger charge is -2.27. The third kappa shape index (κ3) is 16.1. The molecule has 0 saturated heterocycles. The lowest BCUT2D eigenvalue weighted by molar-refractivity contribution is 0.316. The van der Waals surface area contributed by atoms with Crippen molar-refractivity contribution in [2.75, 3.05) is 0 Å². The number of hydrogen-bond acceptors (Lipinski definition) is 1. The van der Waals surface area contributed by atoms with Crippen LogP contribution in [0.2, 0.25) is 0 Å². The number of unbranched alkanes of at least 4 members (excludes halogenated alkanes) is 11. The molecule has 0 aromatic carbocycles. The van der Waals surface area contributed by atoms with Gasteiger partial charge in [-0.25, -0.2) is 0 Å². The maximum absolute atomic E-state index is 6.12. The molecule has 1 unspecified atom stereocenters. The summed E-state index contributed by atoms with van der Waals surface area (Å²) in [6.45, 7) is 8.88. The molecule has 21 heavy (non-hydrogen) atoms. The van der Waals surface area contributed by atoms with Crippen LogP contribution in [-0.2, 0) is 0 Å². The van der Waals surface area contributed by atoms with Gasteiger partial charge in [0, 0.05) is 5.54 Å². The van der Waals surface area contributed by atoms with Crippen molar-refractivity contribution in [2.45, 2.75) is 117 Å². The summed E-state index contributed by atoms with van der Waals surface area (Å²) in [4.78, 5) is 0. The summed E-state index contributed by atoms with van der Waals surface area (Å²) in [5.41, 5.74) is 6.12. The largest absolute Gasteiger partial charge is 0.325 e. The van der Waals surface area contributed by atoms with Crippen molar-refractivity contribution in [3.63, 3.8) is 0 Å². The van der Waals surface area contributed by atoms with Crippen LogP contribution in [0.3, 0.4) is 0 Å². The molecule has 1 nitrogen and oxygen atoms in total. The van der Waals surface area contributed by atoms with Crippen LogP contribution in [0.4, 0.5) is 4.70 Å². The highest BCUT2D eigenvalue weighted by molar-refractivity contribution is 4.78. The Labute approximate surface area is 133 Å². The molecule has 0 fully saturated rings. The van der Waals surface area contributed by atoms with Crippen molar-refractivity contribution < 1.29 is 4.70 Å². The van der Waals surface area contributed by atoms with Crippen molar-refractivity contribution in [3.05, 3.63) is 0 Å². The molecule has 0 aromatic heterocycles. The van der Waals surface area contributed by atoms with Gasteiger partial charge in [-0.3, -0.25) is 4.70 Å². The fraction of sp³-hybridized carbons (Fsp3) is 1.00. The molecule has 0 bridgehead atoms. The first-order valence-corrected chi connectivity index (χ1v) is 9.27. The zero-order valence-electron chi connectivity index (χ0n) is 15.3. The SMILES string of the molecule is CCCCCCCCCCCCCCC(C)C(C)(C)N.F. The average molecular weight is 304 g/mol. The van der Waals surface area contributed by atoms with Crippen molar-refractivity contribution in [1.29, 1.82) is 0 Å². The van der Waals surface area contributed by atoms with E-state index in [2.05, 4.69) is 27.7 Å². The van der Waals surface area contributed by atoms with E-state index in [0.29, 0.717) is 5.92 Å². The van der Waals surface area contributed by atoms with Gasteiger partial charge in [-0.05, 0) is 26.2 Å². The van der Waals surface area contributed by atoms with Gasteiger partial charge in [-0.2, -0.15) is 0 Å². The fourth-order valence-corrected chi connectivity index (χ4v) is 2.66. The summed E-state index contributed by atoms with van der Waals surface area (Å²) in [7, 11) is 0. The molecule has 1 atom stereocenters. The lowest BCUT2D eigenvalue weighted by Crippen LogP contribution is -2.39. The van der Waals surface area contributed by atoms with Crippen LogP contribution >= 0.6 is 0 Å². The van der Waals surface area contributed by atoms with Crippen LogP contribution in [0.25, 0.3) is 0 Å². The molecule has 0 radical (unpaired) electrons. The molecule has 0 aliphatic rings. The summed E-state index contributed by atoms with van der Waals surface area (Å²) in [5, 5.41) is 0. The summed E-state index contributed by atoms with van der Waals surface area (Å²) in [5.74, 6) is 0.644. The van der Waals surface area contributed by atoms with E-state index in [1.165, 1.54) is 83.5 Å². The Morgan fingerprint density at radius 2 is 1.05 bits per heavy atom. The predicted octanol–water partition coefficient (Wildman–Crippen LogP) is 6.60. The number of nitrogens with two attached hydrogens (primary N) is 1. The molecule has 0 rings (SSSR count). The van der Waals surface area contributed by atoms with Gasteiger partial charge in [0.15, 0.2) is 0 Å². The highest BCUT2D eigenvalue weighted by atomic mass is 19.0. The Morgan fingerprint density at radius 1 is 0.714 bits per heavy atom. The quantitative estimate of drug-likeness (QED) is 0.359. The van der Waals surface area contributed by atoms with Crippen LogP contribution < -0.4 is 5.73 Å². The zero-order valence-corrected chi connectivity index (χ0v) is 15.3. The summed E-state index contributed by atoms with van der Waals surface area (Å²) >= 11 is 0. The third-order valence-corrected chi connectivity index (χ3v) is 4.76. The Kier molecular flexibility index (Phi) is 16.3. The van der Waals surface area contributed by atoms with Crippen molar-refractivity contribution in [3.8, 4) is 0 Å².